The molecule has 23 heavy (non-hydrogen) atoms. The van der Waals surface area contributed by atoms with Crippen molar-refractivity contribution in [3.8, 4) is 0 Å². The molecule has 0 spiro atoms. The molecule has 0 bridgehead atoms. The number of hydrogen-bond acceptors (Lipinski definition) is 5. The average Bonchev–Trinajstić information content (AvgIpc) is 2.63. The minimum absolute atomic E-state index is 0.0678. The van der Waals surface area contributed by atoms with E-state index < -0.39 is 0 Å². The van der Waals surface area contributed by atoms with Crippen LogP contribution in [-0.2, 0) is 11.2 Å². The highest BCUT2D eigenvalue weighted by atomic mass is 16.5. The van der Waals surface area contributed by atoms with Crippen LogP contribution in [0.15, 0.2) is 42.7 Å². The van der Waals surface area contributed by atoms with Crippen molar-refractivity contribution < 1.29 is 9.53 Å². The average molecular weight is 312 g/mol. The van der Waals surface area contributed by atoms with E-state index in [9.17, 15) is 4.79 Å². The molecule has 1 saturated heterocycles. The van der Waals surface area contributed by atoms with E-state index in [2.05, 4.69) is 27.4 Å². The first-order chi connectivity index (χ1) is 11.3. The third kappa shape index (κ3) is 4.26. The second kappa shape index (κ2) is 7.69. The first-order valence-corrected chi connectivity index (χ1v) is 7.80. The van der Waals surface area contributed by atoms with Crippen molar-refractivity contribution in [2.24, 2.45) is 0 Å². The predicted molar refractivity (Wildman–Crippen MR) is 87.4 cm³/mol. The maximum atomic E-state index is 12.4. The Bertz CT molecular complexity index is 642. The van der Waals surface area contributed by atoms with Crippen LogP contribution in [0.1, 0.15) is 16.1 Å². The number of hydrogen-bond donors (Lipinski definition) is 1. The second-order valence-electron chi connectivity index (χ2n) is 5.36. The molecule has 6 heteroatoms. The molecular weight excluding hydrogens is 292 g/mol. The Balaban J connectivity index is 1.57. The van der Waals surface area contributed by atoms with Crippen molar-refractivity contribution in [1.29, 1.82) is 0 Å². The number of aromatic nitrogens is 2. The summed E-state index contributed by atoms with van der Waals surface area (Å²) in [7, 11) is 0. The van der Waals surface area contributed by atoms with Gasteiger partial charge in [-0.05, 0) is 12.0 Å². The van der Waals surface area contributed by atoms with Gasteiger partial charge in [-0.3, -0.25) is 4.79 Å². The molecule has 0 atom stereocenters. The monoisotopic (exact) mass is 312 g/mol. The highest BCUT2D eigenvalue weighted by Crippen LogP contribution is 2.09. The number of amides is 1. The molecule has 6 nitrogen and oxygen atoms in total. The summed E-state index contributed by atoms with van der Waals surface area (Å²) in [5.41, 5.74) is 1.68. The fourth-order valence-corrected chi connectivity index (χ4v) is 2.48. The zero-order valence-corrected chi connectivity index (χ0v) is 12.9. The normalized spacial score (nSPS) is 14.5. The number of rotatable bonds is 5. The van der Waals surface area contributed by atoms with Crippen LogP contribution in [0, 0.1) is 0 Å². The van der Waals surface area contributed by atoms with Crippen LogP contribution in [0.25, 0.3) is 0 Å². The number of nitrogens with one attached hydrogen (secondary N) is 1. The van der Waals surface area contributed by atoms with Crippen LogP contribution >= 0.6 is 0 Å². The molecule has 120 valence electrons. The number of anilines is 1. The van der Waals surface area contributed by atoms with E-state index in [-0.39, 0.29) is 5.91 Å². The van der Waals surface area contributed by atoms with E-state index in [0.29, 0.717) is 37.8 Å². The van der Waals surface area contributed by atoms with Gasteiger partial charge in [0.15, 0.2) is 0 Å². The Kier molecular flexibility index (Phi) is 5.16. The lowest BCUT2D eigenvalue weighted by atomic mass is 10.1. The summed E-state index contributed by atoms with van der Waals surface area (Å²) in [6, 6.07) is 12.0. The summed E-state index contributed by atoms with van der Waals surface area (Å²) in [5, 5.41) is 3.24. The predicted octanol–water partition coefficient (Wildman–Crippen LogP) is 1.60. The fourth-order valence-electron chi connectivity index (χ4n) is 2.48. The number of carbonyl (C=O) groups excluding carboxylic acids is 1. The summed E-state index contributed by atoms with van der Waals surface area (Å²) in [6.07, 6.45) is 2.33. The van der Waals surface area contributed by atoms with Gasteiger partial charge in [0.2, 0.25) is 0 Å². The van der Waals surface area contributed by atoms with Crippen LogP contribution in [0.5, 0.6) is 0 Å². The Hall–Kier alpha value is -2.47. The van der Waals surface area contributed by atoms with Crippen molar-refractivity contribution in [3.63, 3.8) is 0 Å². The molecule has 0 unspecified atom stereocenters. The van der Waals surface area contributed by atoms with Gasteiger partial charge in [-0.2, -0.15) is 0 Å². The van der Waals surface area contributed by atoms with Crippen LogP contribution in [0.3, 0.4) is 0 Å². The van der Waals surface area contributed by atoms with Crippen LogP contribution in [-0.4, -0.2) is 53.6 Å². The molecular formula is C17H20N4O2. The molecule has 0 aliphatic carbocycles. The number of carbonyl (C=O) groups is 1. The first-order valence-electron chi connectivity index (χ1n) is 7.80. The van der Waals surface area contributed by atoms with Crippen LogP contribution < -0.4 is 5.32 Å². The highest BCUT2D eigenvalue weighted by Gasteiger charge is 2.19. The molecule has 1 aromatic heterocycles. The van der Waals surface area contributed by atoms with Gasteiger partial charge in [-0.25, -0.2) is 9.97 Å². The van der Waals surface area contributed by atoms with Gasteiger partial charge >= 0.3 is 0 Å². The minimum Gasteiger partial charge on any atom is -0.378 e. The van der Waals surface area contributed by atoms with E-state index in [1.807, 2.05) is 18.2 Å². The molecule has 1 aromatic carbocycles. The van der Waals surface area contributed by atoms with Gasteiger partial charge < -0.3 is 15.0 Å². The molecule has 1 aliphatic rings. The first kappa shape index (κ1) is 15.4. The highest BCUT2D eigenvalue weighted by molar-refractivity contribution is 5.92. The van der Waals surface area contributed by atoms with Gasteiger partial charge in [0.05, 0.1) is 13.2 Å². The van der Waals surface area contributed by atoms with Gasteiger partial charge in [-0.1, -0.05) is 30.3 Å². The van der Waals surface area contributed by atoms with Crippen LogP contribution in [0.4, 0.5) is 5.82 Å². The fraction of sp³-hybridized carbons (Fsp3) is 0.353. The van der Waals surface area contributed by atoms with E-state index in [1.165, 1.54) is 11.9 Å². The third-order valence-corrected chi connectivity index (χ3v) is 3.75. The summed E-state index contributed by atoms with van der Waals surface area (Å²) in [6.45, 7) is 3.14. The molecule has 1 fully saturated rings. The largest absolute Gasteiger partial charge is 0.378 e. The Morgan fingerprint density at radius 1 is 1.17 bits per heavy atom. The van der Waals surface area contributed by atoms with Crippen molar-refractivity contribution in [2.75, 3.05) is 38.2 Å². The molecule has 2 aromatic rings. The number of nitrogens with zero attached hydrogens (tertiary/aromatic N) is 3. The lowest BCUT2D eigenvalue weighted by Crippen LogP contribution is -2.41. The van der Waals surface area contributed by atoms with Crippen LogP contribution in [0.2, 0.25) is 0 Å². The van der Waals surface area contributed by atoms with Gasteiger partial charge in [-0.15, -0.1) is 0 Å². The Labute approximate surface area is 135 Å². The van der Waals surface area contributed by atoms with E-state index >= 15 is 0 Å². The summed E-state index contributed by atoms with van der Waals surface area (Å²) in [4.78, 5) is 22.4. The van der Waals surface area contributed by atoms with Gasteiger partial charge in [0, 0.05) is 25.7 Å². The van der Waals surface area contributed by atoms with E-state index in [1.54, 1.807) is 11.0 Å². The molecule has 1 N–H and O–H groups in total. The smallest absolute Gasteiger partial charge is 0.272 e. The molecule has 1 aliphatic heterocycles. The van der Waals surface area contributed by atoms with Crippen molar-refractivity contribution in [2.45, 2.75) is 6.42 Å². The Morgan fingerprint density at radius 3 is 2.74 bits per heavy atom. The Morgan fingerprint density at radius 2 is 1.96 bits per heavy atom. The molecule has 1 amide bonds. The molecule has 3 rings (SSSR count). The quantitative estimate of drug-likeness (QED) is 0.908. The SMILES string of the molecule is O=C(c1cc(NCCc2ccccc2)ncn1)N1CCOCC1. The minimum atomic E-state index is -0.0678. The zero-order chi connectivity index (χ0) is 15.9. The van der Waals surface area contributed by atoms with Crippen molar-refractivity contribution >= 4 is 11.7 Å². The van der Waals surface area contributed by atoms with E-state index in [0.717, 1.165) is 13.0 Å². The topological polar surface area (TPSA) is 67.4 Å². The number of benzene rings is 1. The molecule has 2 heterocycles. The van der Waals surface area contributed by atoms with E-state index in [4.69, 9.17) is 4.74 Å². The van der Waals surface area contributed by atoms with Gasteiger partial charge in [0.25, 0.3) is 5.91 Å². The second-order valence-corrected chi connectivity index (χ2v) is 5.36. The summed E-state index contributed by atoms with van der Waals surface area (Å²) >= 11 is 0. The standard InChI is InChI=1S/C17H20N4O2/c22-17(21-8-10-23-11-9-21)15-12-16(20-13-19-15)18-7-6-14-4-2-1-3-5-14/h1-5,12-13H,6-11H2,(H,18,19,20). The maximum Gasteiger partial charge on any atom is 0.272 e. The maximum absolute atomic E-state index is 12.4. The lowest BCUT2D eigenvalue weighted by molar-refractivity contribution is 0.0299. The number of ether oxygens (including phenoxy) is 1. The number of morpholine rings is 1. The summed E-state index contributed by atoms with van der Waals surface area (Å²) in [5.74, 6) is 0.606. The third-order valence-electron chi connectivity index (χ3n) is 3.75. The van der Waals surface area contributed by atoms with Gasteiger partial charge in [0.1, 0.15) is 17.8 Å². The zero-order valence-electron chi connectivity index (χ0n) is 12.9. The molecule has 0 radical (unpaired) electrons. The van der Waals surface area contributed by atoms with Crippen molar-refractivity contribution in [1.82, 2.24) is 14.9 Å². The van der Waals surface area contributed by atoms with Crippen molar-refractivity contribution in [3.05, 3.63) is 54.0 Å². The summed E-state index contributed by atoms with van der Waals surface area (Å²) < 4.78 is 5.27. The molecule has 0 saturated carbocycles. The lowest BCUT2D eigenvalue weighted by Gasteiger charge is -2.26.